The summed E-state index contributed by atoms with van der Waals surface area (Å²) in [6, 6.07) is 5.51. The lowest BCUT2D eigenvalue weighted by Crippen LogP contribution is -2.33. The summed E-state index contributed by atoms with van der Waals surface area (Å²) in [4.78, 5) is 12.3. The molecule has 0 heterocycles. The summed E-state index contributed by atoms with van der Waals surface area (Å²) in [5, 5.41) is 12.6. The molecule has 25 heavy (non-hydrogen) atoms. The van der Waals surface area contributed by atoms with E-state index in [2.05, 4.69) is 5.32 Å². The zero-order valence-corrected chi connectivity index (χ0v) is 15.4. The van der Waals surface area contributed by atoms with Gasteiger partial charge in [-0.25, -0.2) is 0 Å². The molecular weight excluding hydrogens is 340 g/mol. The maximum atomic E-state index is 12.3. The first-order valence-electron chi connectivity index (χ1n) is 8.60. The Morgan fingerprint density at radius 2 is 2.00 bits per heavy atom. The molecule has 1 amide bonds. The van der Waals surface area contributed by atoms with Crippen LogP contribution in [0, 0.1) is 11.3 Å². The van der Waals surface area contributed by atoms with Crippen LogP contribution in [0.25, 0.3) is 6.08 Å². The van der Waals surface area contributed by atoms with E-state index in [1.807, 2.05) is 19.9 Å². The minimum Gasteiger partial charge on any atom is -0.490 e. The van der Waals surface area contributed by atoms with Crippen LogP contribution in [0.3, 0.4) is 0 Å². The normalized spacial score (nSPS) is 14.9. The number of nitrogens with one attached hydrogen (secondary N) is 1. The SMILES string of the molecule is CCOc1cc(/C=C(/C#N)C(=O)NC2CCCC2)cc(Cl)c1OCC. The number of hydrogen-bond acceptors (Lipinski definition) is 4. The highest BCUT2D eigenvalue weighted by Crippen LogP contribution is 2.37. The third-order valence-electron chi connectivity index (χ3n) is 3.99. The van der Waals surface area contributed by atoms with Crippen molar-refractivity contribution in [1.82, 2.24) is 5.32 Å². The van der Waals surface area contributed by atoms with Crippen molar-refractivity contribution in [3.8, 4) is 17.6 Å². The van der Waals surface area contributed by atoms with Crippen LogP contribution in [0.1, 0.15) is 45.1 Å². The summed E-state index contributed by atoms with van der Waals surface area (Å²) in [7, 11) is 0. The highest BCUT2D eigenvalue weighted by Gasteiger charge is 2.19. The molecule has 0 bridgehead atoms. The van der Waals surface area contributed by atoms with Crippen LogP contribution in [-0.2, 0) is 4.79 Å². The molecular formula is C19H23ClN2O3. The van der Waals surface area contributed by atoms with Gasteiger partial charge in [-0.1, -0.05) is 24.4 Å². The number of hydrogen-bond donors (Lipinski definition) is 1. The summed E-state index contributed by atoms with van der Waals surface area (Å²) < 4.78 is 11.1. The third-order valence-corrected chi connectivity index (χ3v) is 4.27. The first-order valence-corrected chi connectivity index (χ1v) is 8.98. The predicted molar refractivity (Wildman–Crippen MR) is 97.8 cm³/mol. The Morgan fingerprint density at radius 1 is 1.32 bits per heavy atom. The van der Waals surface area contributed by atoms with E-state index in [9.17, 15) is 10.1 Å². The van der Waals surface area contributed by atoms with Gasteiger partial charge in [-0.3, -0.25) is 4.79 Å². The largest absolute Gasteiger partial charge is 0.490 e. The average molecular weight is 363 g/mol. The van der Waals surface area contributed by atoms with E-state index in [0.29, 0.717) is 35.3 Å². The predicted octanol–water partition coefficient (Wildman–Crippen LogP) is 4.10. The second-order valence-electron chi connectivity index (χ2n) is 5.82. The standard InChI is InChI=1S/C19H23ClN2O3/c1-3-24-17-11-13(10-16(20)18(17)25-4-2)9-14(12-21)19(23)22-15-7-5-6-8-15/h9-11,15H,3-8H2,1-2H3,(H,22,23)/b14-9-. The molecule has 1 aromatic rings. The lowest BCUT2D eigenvalue weighted by atomic mass is 10.1. The van der Waals surface area contributed by atoms with E-state index in [4.69, 9.17) is 21.1 Å². The molecule has 0 spiro atoms. The Labute approximate surface area is 153 Å². The van der Waals surface area contributed by atoms with Crippen LogP contribution < -0.4 is 14.8 Å². The van der Waals surface area contributed by atoms with Gasteiger partial charge in [0.15, 0.2) is 11.5 Å². The fourth-order valence-corrected chi connectivity index (χ4v) is 3.14. The highest BCUT2D eigenvalue weighted by molar-refractivity contribution is 6.32. The Kier molecular flexibility index (Phi) is 7.15. The molecule has 0 aromatic heterocycles. The Hall–Kier alpha value is -2.19. The molecule has 0 saturated heterocycles. The average Bonchev–Trinajstić information content (AvgIpc) is 3.09. The highest BCUT2D eigenvalue weighted by atomic mass is 35.5. The molecule has 0 radical (unpaired) electrons. The molecule has 1 aliphatic carbocycles. The molecule has 1 aliphatic rings. The van der Waals surface area contributed by atoms with E-state index >= 15 is 0 Å². The monoisotopic (exact) mass is 362 g/mol. The molecule has 2 rings (SSSR count). The van der Waals surface area contributed by atoms with Crippen molar-refractivity contribution in [2.45, 2.75) is 45.6 Å². The summed E-state index contributed by atoms with van der Waals surface area (Å²) >= 11 is 6.28. The number of carbonyl (C=O) groups is 1. The second-order valence-corrected chi connectivity index (χ2v) is 6.23. The van der Waals surface area contributed by atoms with Crippen molar-refractivity contribution in [1.29, 1.82) is 5.26 Å². The van der Waals surface area contributed by atoms with E-state index in [1.54, 1.807) is 12.1 Å². The van der Waals surface area contributed by atoms with Crippen LogP contribution in [-0.4, -0.2) is 25.2 Å². The lowest BCUT2D eigenvalue weighted by molar-refractivity contribution is -0.117. The molecule has 1 saturated carbocycles. The van der Waals surface area contributed by atoms with Crippen molar-refractivity contribution < 1.29 is 14.3 Å². The van der Waals surface area contributed by atoms with Gasteiger partial charge in [0.05, 0.1) is 18.2 Å². The van der Waals surface area contributed by atoms with Gasteiger partial charge in [-0.05, 0) is 50.5 Å². The molecule has 0 unspecified atom stereocenters. The third kappa shape index (κ3) is 5.14. The number of ether oxygens (including phenoxy) is 2. The van der Waals surface area contributed by atoms with Crippen molar-refractivity contribution in [2.24, 2.45) is 0 Å². The summed E-state index contributed by atoms with van der Waals surface area (Å²) in [6.07, 6.45) is 5.68. The van der Waals surface area contributed by atoms with Crippen LogP contribution >= 0.6 is 11.6 Å². The molecule has 1 aromatic carbocycles. The maximum Gasteiger partial charge on any atom is 0.262 e. The first-order chi connectivity index (χ1) is 12.1. The summed E-state index contributed by atoms with van der Waals surface area (Å²) in [6.45, 7) is 4.64. The van der Waals surface area contributed by atoms with Gasteiger partial charge >= 0.3 is 0 Å². The Morgan fingerprint density at radius 3 is 2.60 bits per heavy atom. The quantitative estimate of drug-likeness (QED) is 0.585. The Balaban J connectivity index is 2.26. The first kappa shape index (κ1) is 19.1. The van der Waals surface area contributed by atoms with Crippen molar-refractivity contribution in [3.63, 3.8) is 0 Å². The number of amides is 1. The van der Waals surface area contributed by atoms with Gasteiger partial charge in [0.2, 0.25) is 0 Å². The van der Waals surface area contributed by atoms with E-state index < -0.39 is 0 Å². The number of nitriles is 1. The van der Waals surface area contributed by atoms with Gasteiger partial charge in [0, 0.05) is 6.04 Å². The van der Waals surface area contributed by atoms with Gasteiger partial charge in [-0.2, -0.15) is 5.26 Å². The molecule has 5 nitrogen and oxygen atoms in total. The molecule has 134 valence electrons. The zero-order chi connectivity index (χ0) is 18.2. The van der Waals surface area contributed by atoms with Crippen LogP contribution in [0.4, 0.5) is 0 Å². The second kappa shape index (κ2) is 9.33. The summed E-state index contributed by atoms with van der Waals surface area (Å²) in [5.74, 6) is 0.617. The lowest BCUT2D eigenvalue weighted by Gasteiger charge is -2.14. The number of halogens is 1. The minimum atomic E-state index is -0.350. The molecule has 1 fully saturated rings. The van der Waals surface area contributed by atoms with Gasteiger partial charge in [0.1, 0.15) is 11.6 Å². The zero-order valence-electron chi connectivity index (χ0n) is 14.6. The minimum absolute atomic E-state index is 0.0505. The number of benzene rings is 1. The smallest absolute Gasteiger partial charge is 0.262 e. The fourth-order valence-electron chi connectivity index (χ4n) is 2.87. The topological polar surface area (TPSA) is 71.3 Å². The van der Waals surface area contributed by atoms with Crippen LogP contribution in [0.15, 0.2) is 17.7 Å². The molecule has 0 aliphatic heterocycles. The van der Waals surface area contributed by atoms with Crippen molar-refractivity contribution in [2.75, 3.05) is 13.2 Å². The van der Waals surface area contributed by atoms with E-state index in [-0.39, 0.29) is 17.5 Å². The van der Waals surface area contributed by atoms with Crippen molar-refractivity contribution >= 4 is 23.6 Å². The number of nitrogens with zero attached hydrogens (tertiary/aromatic N) is 1. The number of rotatable bonds is 7. The molecule has 0 atom stereocenters. The molecule has 1 N–H and O–H groups in total. The maximum absolute atomic E-state index is 12.3. The van der Waals surface area contributed by atoms with E-state index in [1.165, 1.54) is 6.08 Å². The Bertz CT molecular complexity index is 689. The van der Waals surface area contributed by atoms with Crippen molar-refractivity contribution in [3.05, 3.63) is 28.3 Å². The van der Waals surface area contributed by atoms with Gasteiger partial charge in [-0.15, -0.1) is 0 Å². The van der Waals surface area contributed by atoms with Crippen LogP contribution in [0.5, 0.6) is 11.5 Å². The molecule has 6 heteroatoms. The van der Waals surface area contributed by atoms with Gasteiger partial charge in [0.25, 0.3) is 5.91 Å². The van der Waals surface area contributed by atoms with Gasteiger partial charge < -0.3 is 14.8 Å². The number of carbonyl (C=O) groups excluding carboxylic acids is 1. The van der Waals surface area contributed by atoms with Crippen LogP contribution in [0.2, 0.25) is 5.02 Å². The van der Waals surface area contributed by atoms with E-state index in [0.717, 1.165) is 25.7 Å². The fraction of sp³-hybridized carbons (Fsp3) is 0.474. The summed E-state index contributed by atoms with van der Waals surface area (Å²) in [5.41, 5.74) is 0.671.